The lowest BCUT2D eigenvalue weighted by molar-refractivity contribution is -0.132. The number of hydrogen-bond donors (Lipinski definition) is 1. The van der Waals surface area contributed by atoms with Gasteiger partial charge < -0.3 is 4.90 Å². The maximum atomic E-state index is 12.7. The summed E-state index contributed by atoms with van der Waals surface area (Å²) in [6, 6.07) is 0.537. The van der Waals surface area contributed by atoms with Gasteiger partial charge in [0.1, 0.15) is 0 Å². The predicted molar refractivity (Wildman–Crippen MR) is 86.9 cm³/mol. The van der Waals surface area contributed by atoms with Gasteiger partial charge in [-0.05, 0) is 44.3 Å². The lowest BCUT2D eigenvalue weighted by Crippen LogP contribution is -2.44. The summed E-state index contributed by atoms with van der Waals surface area (Å²) in [5.74, 6) is 0.991. The first kappa shape index (κ1) is 16.2. The number of nitrogens with zero attached hydrogens (tertiary/aromatic N) is 1. The van der Waals surface area contributed by atoms with Crippen molar-refractivity contribution in [2.75, 3.05) is 6.26 Å². The number of hydrogen-bond acceptors (Lipinski definition) is 3. The van der Waals surface area contributed by atoms with Gasteiger partial charge in [0.15, 0.2) is 0 Å². The number of rotatable bonds is 6. The first-order valence-electron chi connectivity index (χ1n) is 8.17. The Labute approximate surface area is 128 Å². The molecule has 0 aromatic heterocycles. The highest BCUT2D eigenvalue weighted by Gasteiger charge is 2.43. The molecule has 1 amide bonds. The van der Waals surface area contributed by atoms with Crippen LogP contribution in [0.2, 0.25) is 0 Å². The minimum absolute atomic E-state index is 0.0667. The Hall–Kier alpha value is -0.220. The maximum absolute atomic E-state index is 12.7. The van der Waals surface area contributed by atoms with Crippen LogP contribution in [-0.2, 0) is 4.79 Å². The molecule has 4 atom stereocenters. The molecule has 2 aliphatic rings. The van der Waals surface area contributed by atoms with E-state index in [0.29, 0.717) is 17.9 Å². The Morgan fingerprint density at radius 2 is 2.15 bits per heavy atom. The summed E-state index contributed by atoms with van der Waals surface area (Å²) in [5.41, 5.74) is 0. The minimum atomic E-state index is 0.0667. The molecule has 1 N–H and O–H groups in total. The second kappa shape index (κ2) is 7.17. The second-order valence-corrected chi connectivity index (χ2v) is 7.86. The minimum Gasteiger partial charge on any atom is -0.323 e. The van der Waals surface area contributed by atoms with Crippen LogP contribution in [-0.4, -0.2) is 40.6 Å². The molecule has 0 spiro atoms. The molecule has 3 nitrogen and oxygen atoms in total. The number of thioether (sulfide) groups is 1. The van der Waals surface area contributed by atoms with Gasteiger partial charge in [0, 0.05) is 11.3 Å². The van der Waals surface area contributed by atoms with E-state index >= 15 is 0 Å². The molecular formula is C16H30N2OS. The molecule has 1 heterocycles. The molecule has 1 saturated heterocycles. The lowest BCUT2D eigenvalue weighted by Gasteiger charge is -2.31. The number of nitrogens with one attached hydrogen (secondary N) is 1. The van der Waals surface area contributed by atoms with Crippen LogP contribution in [0.25, 0.3) is 0 Å². The van der Waals surface area contributed by atoms with Crippen molar-refractivity contribution < 1.29 is 4.79 Å². The van der Waals surface area contributed by atoms with Crippen molar-refractivity contribution in [1.82, 2.24) is 10.2 Å². The molecule has 0 aromatic rings. The van der Waals surface area contributed by atoms with Crippen molar-refractivity contribution >= 4 is 17.7 Å². The van der Waals surface area contributed by atoms with Crippen molar-refractivity contribution in [3.8, 4) is 0 Å². The summed E-state index contributed by atoms with van der Waals surface area (Å²) >= 11 is 1.96. The summed E-state index contributed by atoms with van der Waals surface area (Å²) in [7, 11) is 0. The highest BCUT2D eigenvalue weighted by molar-refractivity contribution is 7.99. The van der Waals surface area contributed by atoms with Crippen molar-refractivity contribution in [2.24, 2.45) is 5.92 Å². The maximum Gasteiger partial charge on any atom is 0.241 e. The summed E-state index contributed by atoms with van der Waals surface area (Å²) in [4.78, 5) is 14.9. The van der Waals surface area contributed by atoms with Crippen LogP contribution < -0.4 is 5.32 Å². The van der Waals surface area contributed by atoms with E-state index in [4.69, 9.17) is 0 Å². The largest absolute Gasteiger partial charge is 0.323 e. The van der Waals surface area contributed by atoms with Crippen molar-refractivity contribution in [3.63, 3.8) is 0 Å². The zero-order valence-corrected chi connectivity index (χ0v) is 14.2. The molecule has 116 valence electrons. The zero-order chi connectivity index (χ0) is 14.7. The van der Waals surface area contributed by atoms with E-state index in [2.05, 4.69) is 37.2 Å². The summed E-state index contributed by atoms with van der Waals surface area (Å²) < 4.78 is 0. The molecule has 0 radical (unpaired) electrons. The van der Waals surface area contributed by atoms with E-state index in [1.165, 1.54) is 19.3 Å². The van der Waals surface area contributed by atoms with Crippen molar-refractivity contribution in [3.05, 3.63) is 0 Å². The Morgan fingerprint density at radius 1 is 1.40 bits per heavy atom. The van der Waals surface area contributed by atoms with Crippen LogP contribution in [0, 0.1) is 5.92 Å². The molecule has 0 aromatic carbocycles. The summed E-state index contributed by atoms with van der Waals surface area (Å²) in [6.45, 7) is 6.65. The van der Waals surface area contributed by atoms with E-state index in [1.54, 1.807) is 0 Å². The Balaban J connectivity index is 2.07. The van der Waals surface area contributed by atoms with Crippen LogP contribution in [0.4, 0.5) is 0 Å². The van der Waals surface area contributed by atoms with E-state index in [0.717, 1.165) is 24.5 Å². The van der Waals surface area contributed by atoms with Gasteiger partial charge in [-0.2, -0.15) is 11.8 Å². The second-order valence-electron chi connectivity index (χ2n) is 6.72. The molecule has 1 aliphatic carbocycles. The molecule has 20 heavy (non-hydrogen) atoms. The molecule has 2 fully saturated rings. The van der Waals surface area contributed by atoms with Crippen LogP contribution in [0.5, 0.6) is 0 Å². The summed E-state index contributed by atoms with van der Waals surface area (Å²) in [5, 5.41) is 4.35. The number of carbonyl (C=O) groups excluding carboxylic acids is 1. The van der Waals surface area contributed by atoms with E-state index in [-0.39, 0.29) is 12.2 Å². The van der Waals surface area contributed by atoms with Gasteiger partial charge in [-0.3, -0.25) is 10.1 Å². The van der Waals surface area contributed by atoms with Gasteiger partial charge in [-0.15, -0.1) is 0 Å². The fourth-order valence-corrected chi connectivity index (χ4v) is 4.45. The first-order chi connectivity index (χ1) is 9.56. The van der Waals surface area contributed by atoms with E-state index < -0.39 is 0 Å². The van der Waals surface area contributed by atoms with Gasteiger partial charge in [0.05, 0.1) is 12.2 Å². The van der Waals surface area contributed by atoms with Crippen LogP contribution in [0.1, 0.15) is 59.3 Å². The highest BCUT2D eigenvalue weighted by atomic mass is 32.2. The molecule has 1 saturated carbocycles. The Morgan fingerprint density at radius 3 is 2.70 bits per heavy atom. The van der Waals surface area contributed by atoms with Crippen LogP contribution in [0.15, 0.2) is 0 Å². The lowest BCUT2D eigenvalue weighted by atomic mass is 10.1. The van der Waals surface area contributed by atoms with Gasteiger partial charge in [0.25, 0.3) is 0 Å². The number of carbonyl (C=O) groups is 1. The fourth-order valence-electron chi connectivity index (χ4n) is 3.66. The van der Waals surface area contributed by atoms with Gasteiger partial charge in [-0.1, -0.05) is 27.2 Å². The fraction of sp³-hybridized carbons (Fsp3) is 0.938. The molecular weight excluding hydrogens is 268 g/mol. The van der Waals surface area contributed by atoms with Crippen LogP contribution >= 0.6 is 11.8 Å². The third kappa shape index (κ3) is 3.51. The third-order valence-electron chi connectivity index (χ3n) is 4.64. The van der Waals surface area contributed by atoms with Gasteiger partial charge >= 0.3 is 0 Å². The zero-order valence-electron chi connectivity index (χ0n) is 13.4. The Bertz CT molecular complexity index is 334. The van der Waals surface area contributed by atoms with Gasteiger partial charge in [-0.25, -0.2) is 0 Å². The SMILES string of the molecule is CCCC1NC(CC(C)C)N(C2CCC(SC)C2)C1=O. The quantitative estimate of drug-likeness (QED) is 0.817. The monoisotopic (exact) mass is 298 g/mol. The normalized spacial score (nSPS) is 34.5. The Kier molecular flexibility index (Phi) is 5.79. The standard InChI is InChI=1S/C16H30N2OS/c1-5-6-14-16(19)18(15(17-14)9-11(2)3)12-7-8-13(10-12)20-4/h11-15,17H,5-10H2,1-4H3. The van der Waals surface area contributed by atoms with E-state index in [1.807, 2.05) is 11.8 Å². The molecule has 4 unspecified atom stereocenters. The smallest absolute Gasteiger partial charge is 0.241 e. The predicted octanol–water partition coefficient (Wildman–Crippen LogP) is 3.24. The van der Waals surface area contributed by atoms with Crippen LogP contribution in [0.3, 0.4) is 0 Å². The highest BCUT2D eigenvalue weighted by Crippen LogP contribution is 2.35. The van der Waals surface area contributed by atoms with Gasteiger partial charge in [0.2, 0.25) is 5.91 Å². The first-order valence-corrected chi connectivity index (χ1v) is 9.46. The topological polar surface area (TPSA) is 32.3 Å². The third-order valence-corrected chi connectivity index (χ3v) is 5.73. The van der Waals surface area contributed by atoms with E-state index in [9.17, 15) is 4.79 Å². The average molecular weight is 298 g/mol. The molecule has 2 rings (SSSR count). The van der Waals surface area contributed by atoms with Crippen molar-refractivity contribution in [1.29, 1.82) is 0 Å². The molecule has 1 aliphatic heterocycles. The average Bonchev–Trinajstić information content (AvgIpc) is 2.95. The summed E-state index contributed by atoms with van der Waals surface area (Å²) in [6.07, 6.45) is 9.22. The molecule has 0 bridgehead atoms. The molecule has 4 heteroatoms. The van der Waals surface area contributed by atoms with Crippen molar-refractivity contribution in [2.45, 2.75) is 82.8 Å². The number of amides is 1.